The summed E-state index contributed by atoms with van der Waals surface area (Å²) in [6.07, 6.45) is -2.43. The van der Waals surface area contributed by atoms with Gasteiger partial charge in [-0.1, -0.05) is 66.7 Å². The van der Waals surface area contributed by atoms with Crippen LogP contribution in [0.1, 0.15) is 17.8 Å². The van der Waals surface area contributed by atoms with E-state index in [0.717, 1.165) is 20.9 Å². The van der Waals surface area contributed by atoms with Gasteiger partial charge in [-0.05, 0) is 28.8 Å². The van der Waals surface area contributed by atoms with Crippen LogP contribution in [-0.4, -0.2) is 14.8 Å². The van der Waals surface area contributed by atoms with Gasteiger partial charge in [-0.25, -0.2) is 8.78 Å². The fourth-order valence-electron chi connectivity index (χ4n) is 3.21. The van der Waals surface area contributed by atoms with E-state index in [1.807, 2.05) is 66.7 Å². The molecule has 0 aliphatic rings. The van der Waals surface area contributed by atoms with Crippen LogP contribution in [-0.2, 0) is 13.0 Å². The molecule has 0 radical (unpaired) electrons. The van der Waals surface area contributed by atoms with Gasteiger partial charge in [-0.2, -0.15) is 0 Å². The number of hydrogen-bond donors (Lipinski definition) is 0. The Balaban J connectivity index is 1.76. The molecule has 0 saturated heterocycles. The zero-order valence-electron chi connectivity index (χ0n) is 14.9. The fraction of sp³-hybridized carbons (Fsp3) is 0.136. The van der Waals surface area contributed by atoms with Crippen LogP contribution in [0.3, 0.4) is 0 Å². The number of alkyl halides is 2. The van der Waals surface area contributed by atoms with E-state index in [2.05, 4.69) is 10.2 Å². The molecule has 0 aliphatic carbocycles. The number of hydrogen-bond acceptors (Lipinski definition) is 3. The molecular weight excluding hydrogens is 360 g/mol. The number of fused-ring (bicyclic) bond motifs is 1. The number of rotatable bonds is 5. The normalized spacial score (nSPS) is 11.2. The summed E-state index contributed by atoms with van der Waals surface area (Å²) >= 11 is 0. The van der Waals surface area contributed by atoms with Gasteiger partial charge in [0, 0.05) is 12.1 Å². The SMILES string of the molecule is O=c1c(-c2ccc3ccccc3c2)nnc(C(F)F)n1CCc1ccccc1. The van der Waals surface area contributed by atoms with E-state index >= 15 is 0 Å². The first-order valence-corrected chi connectivity index (χ1v) is 8.92. The Labute approximate surface area is 160 Å². The maximum Gasteiger partial charge on any atom is 0.297 e. The van der Waals surface area contributed by atoms with E-state index in [9.17, 15) is 13.6 Å². The first-order chi connectivity index (χ1) is 13.6. The topological polar surface area (TPSA) is 47.8 Å². The van der Waals surface area contributed by atoms with E-state index in [-0.39, 0.29) is 12.2 Å². The molecule has 140 valence electrons. The van der Waals surface area contributed by atoms with Crippen LogP contribution in [0.15, 0.2) is 77.6 Å². The largest absolute Gasteiger partial charge is 0.297 e. The van der Waals surface area contributed by atoms with Gasteiger partial charge in [-0.3, -0.25) is 9.36 Å². The third-order valence-electron chi connectivity index (χ3n) is 4.66. The summed E-state index contributed by atoms with van der Waals surface area (Å²) in [5.74, 6) is -0.606. The highest BCUT2D eigenvalue weighted by atomic mass is 19.3. The second-order valence-corrected chi connectivity index (χ2v) is 6.46. The number of nitrogens with zero attached hydrogens (tertiary/aromatic N) is 3. The molecule has 0 spiro atoms. The summed E-state index contributed by atoms with van der Waals surface area (Å²) < 4.78 is 27.9. The Kier molecular flexibility index (Phi) is 4.93. The van der Waals surface area contributed by atoms with Crippen molar-refractivity contribution in [1.29, 1.82) is 0 Å². The zero-order chi connectivity index (χ0) is 19.5. The van der Waals surface area contributed by atoms with Crippen molar-refractivity contribution in [2.75, 3.05) is 0 Å². The van der Waals surface area contributed by atoms with Gasteiger partial charge in [0.05, 0.1) is 0 Å². The first-order valence-electron chi connectivity index (χ1n) is 8.92. The molecule has 3 aromatic carbocycles. The van der Waals surface area contributed by atoms with E-state index in [4.69, 9.17) is 0 Å². The lowest BCUT2D eigenvalue weighted by atomic mass is 10.1. The van der Waals surface area contributed by atoms with Crippen molar-refractivity contribution in [3.8, 4) is 11.3 Å². The maximum atomic E-state index is 13.4. The van der Waals surface area contributed by atoms with Gasteiger partial charge in [0.1, 0.15) is 0 Å². The minimum atomic E-state index is -2.87. The van der Waals surface area contributed by atoms with Gasteiger partial charge in [0.2, 0.25) is 5.82 Å². The average molecular weight is 377 g/mol. The van der Waals surface area contributed by atoms with Crippen molar-refractivity contribution in [2.45, 2.75) is 19.4 Å². The van der Waals surface area contributed by atoms with E-state index in [0.29, 0.717) is 12.0 Å². The Morgan fingerprint density at radius 2 is 1.57 bits per heavy atom. The van der Waals surface area contributed by atoms with Crippen molar-refractivity contribution >= 4 is 10.8 Å². The third kappa shape index (κ3) is 3.53. The zero-order valence-corrected chi connectivity index (χ0v) is 14.9. The summed E-state index contributed by atoms with van der Waals surface area (Å²) in [6, 6.07) is 22.6. The highest BCUT2D eigenvalue weighted by molar-refractivity contribution is 5.86. The molecule has 0 amide bonds. The maximum absolute atomic E-state index is 13.4. The van der Waals surface area contributed by atoms with Crippen molar-refractivity contribution in [3.05, 3.63) is 94.5 Å². The van der Waals surface area contributed by atoms with Gasteiger partial charge in [0.15, 0.2) is 5.69 Å². The molecule has 0 atom stereocenters. The minimum absolute atomic E-state index is 0.0724. The van der Waals surface area contributed by atoms with Crippen molar-refractivity contribution in [1.82, 2.24) is 14.8 Å². The Morgan fingerprint density at radius 1 is 0.857 bits per heavy atom. The molecular formula is C22H17F2N3O. The molecule has 1 aromatic heterocycles. The molecule has 0 bridgehead atoms. The standard InChI is InChI=1S/C22H17F2N3O/c23-20(24)21-26-25-19(18-11-10-16-8-4-5-9-17(16)14-18)22(28)27(21)13-12-15-6-2-1-3-7-15/h1-11,14,20H,12-13H2. The van der Waals surface area contributed by atoms with E-state index in [1.54, 1.807) is 6.07 Å². The first kappa shape index (κ1) is 18.0. The lowest BCUT2D eigenvalue weighted by Gasteiger charge is -2.12. The molecule has 4 nitrogen and oxygen atoms in total. The molecule has 0 N–H and O–H groups in total. The second kappa shape index (κ2) is 7.68. The predicted octanol–water partition coefficient (Wildman–Crippen LogP) is 4.64. The Morgan fingerprint density at radius 3 is 2.32 bits per heavy atom. The third-order valence-corrected chi connectivity index (χ3v) is 4.66. The molecule has 28 heavy (non-hydrogen) atoms. The summed E-state index contributed by atoms with van der Waals surface area (Å²) in [4.78, 5) is 13.0. The van der Waals surface area contributed by atoms with Crippen LogP contribution < -0.4 is 5.56 Å². The number of benzene rings is 3. The molecule has 4 aromatic rings. The highest BCUT2D eigenvalue weighted by Crippen LogP contribution is 2.22. The van der Waals surface area contributed by atoms with Crippen LogP contribution in [0, 0.1) is 0 Å². The van der Waals surface area contributed by atoms with Crippen LogP contribution in [0.2, 0.25) is 0 Å². The summed E-state index contributed by atoms with van der Waals surface area (Å²) in [7, 11) is 0. The molecule has 0 unspecified atom stereocenters. The Bertz CT molecular complexity index is 1170. The average Bonchev–Trinajstić information content (AvgIpc) is 2.73. The molecule has 0 aliphatic heterocycles. The van der Waals surface area contributed by atoms with Crippen LogP contribution >= 0.6 is 0 Å². The summed E-state index contributed by atoms with van der Waals surface area (Å²) in [5.41, 5.74) is 1.03. The molecule has 1 heterocycles. The highest BCUT2D eigenvalue weighted by Gasteiger charge is 2.20. The molecule has 6 heteroatoms. The van der Waals surface area contributed by atoms with Crippen molar-refractivity contribution in [3.63, 3.8) is 0 Å². The van der Waals surface area contributed by atoms with Crippen LogP contribution in [0.4, 0.5) is 8.78 Å². The molecule has 4 rings (SSSR count). The van der Waals surface area contributed by atoms with Crippen molar-refractivity contribution in [2.24, 2.45) is 0 Å². The van der Waals surface area contributed by atoms with E-state index < -0.39 is 17.8 Å². The monoisotopic (exact) mass is 377 g/mol. The summed E-state index contributed by atoms with van der Waals surface area (Å²) in [5, 5.41) is 9.46. The number of aromatic nitrogens is 3. The van der Waals surface area contributed by atoms with Crippen LogP contribution in [0.5, 0.6) is 0 Å². The van der Waals surface area contributed by atoms with Crippen LogP contribution in [0.25, 0.3) is 22.0 Å². The number of aryl methyl sites for hydroxylation is 1. The lowest BCUT2D eigenvalue weighted by Crippen LogP contribution is -2.29. The van der Waals surface area contributed by atoms with Crippen molar-refractivity contribution < 1.29 is 8.78 Å². The number of halogens is 2. The quantitative estimate of drug-likeness (QED) is 0.509. The smallest absolute Gasteiger partial charge is 0.288 e. The fourth-order valence-corrected chi connectivity index (χ4v) is 3.21. The molecule has 0 fully saturated rings. The summed E-state index contributed by atoms with van der Waals surface area (Å²) in [6.45, 7) is 0.110. The Hall–Kier alpha value is -3.41. The minimum Gasteiger partial charge on any atom is -0.288 e. The van der Waals surface area contributed by atoms with Gasteiger partial charge < -0.3 is 0 Å². The predicted molar refractivity (Wildman–Crippen MR) is 104 cm³/mol. The van der Waals surface area contributed by atoms with Gasteiger partial charge in [-0.15, -0.1) is 10.2 Å². The van der Waals surface area contributed by atoms with E-state index in [1.165, 1.54) is 0 Å². The van der Waals surface area contributed by atoms with Gasteiger partial charge in [0.25, 0.3) is 12.0 Å². The van der Waals surface area contributed by atoms with Gasteiger partial charge >= 0.3 is 0 Å². The molecule has 0 saturated carbocycles. The second-order valence-electron chi connectivity index (χ2n) is 6.46. The lowest BCUT2D eigenvalue weighted by molar-refractivity contribution is 0.131.